The van der Waals surface area contributed by atoms with Crippen molar-refractivity contribution in [3.8, 4) is 0 Å². The van der Waals surface area contributed by atoms with Crippen LogP contribution in [0.15, 0.2) is 6.07 Å². The van der Waals surface area contributed by atoms with Crippen LogP contribution in [0.3, 0.4) is 0 Å². The Morgan fingerprint density at radius 1 is 1.29 bits per heavy atom. The largest absolute Gasteiger partial charge is 0.366 e. The lowest BCUT2D eigenvalue weighted by Gasteiger charge is -2.49. The van der Waals surface area contributed by atoms with Crippen molar-refractivity contribution in [3.05, 3.63) is 23.0 Å². The number of pyridine rings is 1. The number of rotatable bonds is 2. The molecule has 2 aliphatic heterocycles. The third-order valence-electron chi connectivity index (χ3n) is 5.14. The molecule has 4 heteroatoms. The summed E-state index contributed by atoms with van der Waals surface area (Å²) in [6.45, 7) is 10.7. The highest BCUT2D eigenvalue weighted by atomic mass is 15.3. The number of hydrogen-bond donors (Lipinski definition) is 1. The van der Waals surface area contributed by atoms with E-state index in [2.05, 4.69) is 41.6 Å². The number of anilines is 1. The molecule has 0 spiro atoms. The molecule has 1 aromatic heterocycles. The first-order valence-corrected chi connectivity index (χ1v) is 8.28. The molecule has 2 unspecified atom stereocenters. The first-order valence-electron chi connectivity index (χ1n) is 8.28. The van der Waals surface area contributed by atoms with Gasteiger partial charge in [-0.3, -0.25) is 9.88 Å². The Morgan fingerprint density at radius 2 is 2.10 bits per heavy atom. The topological polar surface area (TPSA) is 45.4 Å². The predicted octanol–water partition coefficient (Wildman–Crippen LogP) is 2.22. The summed E-state index contributed by atoms with van der Waals surface area (Å²) in [6, 6.07) is 3.49. The highest BCUT2D eigenvalue weighted by molar-refractivity contribution is 5.57. The fourth-order valence-electron chi connectivity index (χ4n) is 4.03. The van der Waals surface area contributed by atoms with Crippen LogP contribution in [0, 0.1) is 13.8 Å². The van der Waals surface area contributed by atoms with E-state index in [0.717, 1.165) is 17.9 Å². The fourth-order valence-corrected chi connectivity index (χ4v) is 4.03. The number of nitrogens with two attached hydrogens (primary N) is 1. The first-order chi connectivity index (χ1) is 10.1. The van der Waals surface area contributed by atoms with E-state index in [0.29, 0.717) is 18.6 Å². The molecule has 4 nitrogen and oxygen atoms in total. The van der Waals surface area contributed by atoms with Gasteiger partial charge in [-0.2, -0.15) is 0 Å². The third-order valence-corrected chi connectivity index (χ3v) is 5.14. The maximum absolute atomic E-state index is 6.01. The van der Waals surface area contributed by atoms with Crippen molar-refractivity contribution in [2.75, 3.05) is 24.5 Å². The van der Waals surface area contributed by atoms with Crippen LogP contribution in [0.5, 0.6) is 0 Å². The van der Waals surface area contributed by atoms with Crippen LogP contribution in [-0.2, 0) is 6.54 Å². The lowest BCUT2D eigenvalue weighted by molar-refractivity contribution is 0.115. The summed E-state index contributed by atoms with van der Waals surface area (Å²) in [6.07, 6.45) is 4.08. The average molecular weight is 288 g/mol. The second-order valence-corrected chi connectivity index (χ2v) is 6.70. The molecule has 3 rings (SSSR count). The Hall–Kier alpha value is -1.13. The van der Waals surface area contributed by atoms with Crippen molar-refractivity contribution in [1.29, 1.82) is 0 Å². The SMILES string of the molecule is Cc1cc(N2CC3CCCCN3CC2C)c(CN)c(C)n1. The molecule has 2 fully saturated rings. The molecule has 2 aliphatic rings. The number of aromatic nitrogens is 1. The smallest absolute Gasteiger partial charge is 0.0451 e. The van der Waals surface area contributed by atoms with E-state index >= 15 is 0 Å². The van der Waals surface area contributed by atoms with Crippen LogP contribution in [0.25, 0.3) is 0 Å². The van der Waals surface area contributed by atoms with E-state index in [1.807, 2.05) is 0 Å². The third kappa shape index (κ3) is 2.79. The van der Waals surface area contributed by atoms with Crippen molar-refractivity contribution in [2.45, 2.75) is 58.7 Å². The van der Waals surface area contributed by atoms with Gasteiger partial charge in [0, 0.05) is 54.4 Å². The Balaban J connectivity index is 1.92. The summed E-state index contributed by atoms with van der Waals surface area (Å²) in [4.78, 5) is 9.86. The molecular weight excluding hydrogens is 260 g/mol. The monoisotopic (exact) mass is 288 g/mol. The van der Waals surface area contributed by atoms with Gasteiger partial charge in [0.15, 0.2) is 0 Å². The molecule has 0 saturated carbocycles. The highest BCUT2D eigenvalue weighted by Crippen LogP contribution is 2.31. The van der Waals surface area contributed by atoms with Gasteiger partial charge >= 0.3 is 0 Å². The molecule has 116 valence electrons. The first kappa shape index (κ1) is 14.8. The Kier molecular flexibility index (Phi) is 4.18. The molecule has 2 atom stereocenters. The van der Waals surface area contributed by atoms with E-state index < -0.39 is 0 Å². The standard InChI is InChI=1S/C17H28N4/c1-12-8-17(16(9-18)14(3)19-12)21-11-15-6-4-5-7-20(15)10-13(21)2/h8,13,15H,4-7,9-11,18H2,1-3H3. The summed E-state index contributed by atoms with van der Waals surface area (Å²) in [5, 5.41) is 0. The van der Waals surface area contributed by atoms with Crippen LogP contribution in [-0.4, -0.2) is 41.6 Å². The van der Waals surface area contributed by atoms with Crippen molar-refractivity contribution in [3.63, 3.8) is 0 Å². The molecule has 0 aromatic carbocycles. The minimum absolute atomic E-state index is 0.547. The zero-order valence-electron chi connectivity index (χ0n) is 13.6. The quantitative estimate of drug-likeness (QED) is 0.906. The zero-order valence-corrected chi connectivity index (χ0v) is 13.6. The molecule has 1 aromatic rings. The van der Waals surface area contributed by atoms with Crippen molar-refractivity contribution in [2.24, 2.45) is 5.73 Å². The minimum atomic E-state index is 0.547. The molecule has 3 heterocycles. The van der Waals surface area contributed by atoms with E-state index in [1.165, 1.54) is 43.6 Å². The maximum atomic E-state index is 6.01. The van der Waals surface area contributed by atoms with Crippen LogP contribution in [0.2, 0.25) is 0 Å². The van der Waals surface area contributed by atoms with Gasteiger partial charge in [-0.1, -0.05) is 6.42 Å². The number of aryl methyl sites for hydroxylation is 2. The highest BCUT2D eigenvalue weighted by Gasteiger charge is 2.33. The lowest BCUT2D eigenvalue weighted by atomic mass is 9.96. The molecular formula is C17H28N4. The van der Waals surface area contributed by atoms with Gasteiger partial charge in [-0.15, -0.1) is 0 Å². The van der Waals surface area contributed by atoms with E-state index in [1.54, 1.807) is 0 Å². The van der Waals surface area contributed by atoms with Gasteiger partial charge in [-0.25, -0.2) is 0 Å². The molecule has 0 bridgehead atoms. The molecule has 2 saturated heterocycles. The Morgan fingerprint density at radius 3 is 2.86 bits per heavy atom. The van der Waals surface area contributed by atoms with Crippen molar-refractivity contribution >= 4 is 5.69 Å². The molecule has 0 aliphatic carbocycles. The fraction of sp³-hybridized carbons (Fsp3) is 0.706. The number of hydrogen-bond acceptors (Lipinski definition) is 4. The van der Waals surface area contributed by atoms with Gasteiger partial charge in [0.1, 0.15) is 0 Å². The maximum Gasteiger partial charge on any atom is 0.0451 e. The number of fused-ring (bicyclic) bond motifs is 1. The van der Waals surface area contributed by atoms with Gasteiger partial charge < -0.3 is 10.6 Å². The second-order valence-electron chi connectivity index (χ2n) is 6.70. The number of nitrogens with zero attached hydrogens (tertiary/aromatic N) is 3. The summed E-state index contributed by atoms with van der Waals surface area (Å²) in [5.41, 5.74) is 10.7. The summed E-state index contributed by atoms with van der Waals surface area (Å²) >= 11 is 0. The number of piperazine rings is 1. The molecule has 21 heavy (non-hydrogen) atoms. The van der Waals surface area contributed by atoms with Gasteiger partial charge in [0.25, 0.3) is 0 Å². The Labute approximate surface area is 128 Å². The van der Waals surface area contributed by atoms with Crippen LogP contribution in [0.4, 0.5) is 5.69 Å². The zero-order chi connectivity index (χ0) is 15.0. The van der Waals surface area contributed by atoms with Crippen LogP contribution in [0.1, 0.15) is 43.1 Å². The lowest BCUT2D eigenvalue weighted by Crippen LogP contribution is -2.59. The van der Waals surface area contributed by atoms with E-state index in [-0.39, 0.29) is 0 Å². The van der Waals surface area contributed by atoms with E-state index in [9.17, 15) is 0 Å². The van der Waals surface area contributed by atoms with Crippen LogP contribution >= 0.6 is 0 Å². The number of piperidine rings is 1. The average Bonchev–Trinajstić information content (AvgIpc) is 2.45. The van der Waals surface area contributed by atoms with Gasteiger partial charge in [0.05, 0.1) is 0 Å². The molecule has 0 amide bonds. The molecule has 0 radical (unpaired) electrons. The normalized spacial score (nSPS) is 26.8. The van der Waals surface area contributed by atoms with Crippen molar-refractivity contribution in [1.82, 2.24) is 9.88 Å². The summed E-state index contributed by atoms with van der Waals surface area (Å²) in [5.74, 6) is 0. The van der Waals surface area contributed by atoms with E-state index in [4.69, 9.17) is 5.73 Å². The van der Waals surface area contributed by atoms with Crippen LogP contribution < -0.4 is 10.6 Å². The van der Waals surface area contributed by atoms with Gasteiger partial charge in [0.2, 0.25) is 0 Å². The van der Waals surface area contributed by atoms with Crippen molar-refractivity contribution < 1.29 is 0 Å². The second kappa shape index (κ2) is 5.93. The van der Waals surface area contributed by atoms with Gasteiger partial charge in [-0.05, 0) is 46.2 Å². The summed E-state index contributed by atoms with van der Waals surface area (Å²) < 4.78 is 0. The molecule has 2 N–H and O–H groups in total. The predicted molar refractivity (Wildman–Crippen MR) is 87.6 cm³/mol. The minimum Gasteiger partial charge on any atom is -0.366 e. The Bertz CT molecular complexity index is 514. The summed E-state index contributed by atoms with van der Waals surface area (Å²) in [7, 11) is 0.